The van der Waals surface area contributed by atoms with Crippen molar-refractivity contribution in [2.24, 2.45) is 7.05 Å². The third kappa shape index (κ3) is 4.75. The van der Waals surface area contributed by atoms with E-state index in [9.17, 15) is 18.7 Å². The number of rotatable bonds is 5. The van der Waals surface area contributed by atoms with Gasteiger partial charge in [0.05, 0.1) is 12.7 Å². The van der Waals surface area contributed by atoms with Gasteiger partial charge in [-0.1, -0.05) is 0 Å². The number of hydrogen-bond acceptors (Lipinski definition) is 3. The third-order valence-corrected chi connectivity index (χ3v) is 3.30. The number of hydrogen-bond donors (Lipinski definition) is 3. The van der Waals surface area contributed by atoms with Crippen molar-refractivity contribution in [2.45, 2.75) is 19.1 Å². The van der Waals surface area contributed by atoms with Gasteiger partial charge in [0.2, 0.25) is 0 Å². The van der Waals surface area contributed by atoms with E-state index in [1.165, 1.54) is 6.20 Å². The first kappa shape index (κ1) is 16.9. The maximum atomic E-state index is 13.0. The van der Waals surface area contributed by atoms with Gasteiger partial charge in [-0.3, -0.25) is 4.68 Å². The number of carbonyl (C=O) groups excluding carboxylic acids is 1. The van der Waals surface area contributed by atoms with E-state index in [0.717, 1.165) is 18.2 Å². The van der Waals surface area contributed by atoms with Gasteiger partial charge in [-0.05, 0) is 24.6 Å². The summed E-state index contributed by atoms with van der Waals surface area (Å²) >= 11 is 0. The Kier molecular flexibility index (Phi) is 4.95. The Balaban J connectivity index is 1.85. The van der Waals surface area contributed by atoms with Crippen LogP contribution in [0.5, 0.6) is 0 Å². The molecule has 0 aliphatic rings. The normalized spacial score (nSPS) is 13.4. The van der Waals surface area contributed by atoms with E-state index < -0.39 is 23.3 Å². The highest BCUT2D eigenvalue weighted by molar-refractivity contribution is 5.73. The lowest BCUT2D eigenvalue weighted by molar-refractivity contribution is 0.0593. The van der Waals surface area contributed by atoms with Gasteiger partial charge in [0.25, 0.3) is 0 Å². The van der Waals surface area contributed by atoms with Crippen LogP contribution in [0.2, 0.25) is 0 Å². The van der Waals surface area contributed by atoms with Crippen LogP contribution < -0.4 is 10.6 Å². The summed E-state index contributed by atoms with van der Waals surface area (Å²) in [6.07, 6.45) is 3.16. The van der Waals surface area contributed by atoms with Gasteiger partial charge >= 0.3 is 6.03 Å². The Bertz CT molecular complexity index is 680. The summed E-state index contributed by atoms with van der Waals surface area (Å²) in [6.45, 7) is 1.48. The largest absolute Gasteiger partial charge is 0.383 e. The van der Waals surface area contributed by atoms with Crippen molar-refractivity contribution in [3.63, 3.8) is 0 Å². The fourth-order valence-electron chi connectivity index (χ4n) is 2.01. The smallest absolute Gasteiger partial charge is 0.315 e. The second-order valence-electron chi connectivity index (χ2n) is 5.49. The molecule has 0 aliphatic heterocycles. The first-order valence-corrected chi connectivity index (χ1v) is 6.94. The molecule has 2 rings (SSSR count). The second kappa shape index (κ2) is 6.74. The zero-order chi connectivity index (χ0) is 17.0. The Hall–Kier alpha value is -2.48. The monoisotopic (exact) mass is 324 g/mol. The lowest BCUT2D eigenvalue weighted by Gasteiger charge is -2.22. The van der Waals surface area contributed by atoms with Crippen molar-refractivity contribution in [1.29, 1.82) is 0 Å². The van der Waals surface area contributed by atoms with E-state index in [4.69, 9.17) is 0 Å². The number of amides is 2. The molecule has 23 heavy (non-hydrogen) atoms. The molecule has 0 aliphatic carbocycles. The number of urea groups is 1. The Morgan fingerprint density at radius 1 is 1.30 bits per heavy atom. The fourth-order valence-corrected chi connectivity index (χ4v) is 2.01. The summed E-state index contributed by atoms with van der Waals surface area (Å²) in [4.78, 5) is 11.7. The minimum absolute atomic E-state index is 0.0322. The summed E-state index contributed by atoms with van der Waals surface area (Å²) in [5.41, 5.74) is -0.416. The van der Waals surface area contributed by atoms with Crippen LogP contribution in [0.15, 0.2) is 30.6 Å². The first-order valence-electron chi connectivity index (χ1n) is 6.94. The van der Waals surface area contributed by atoms with Crippen LogP contribution in [-0.4, -0.2) is 27.5 Å². The molecule has 2 amide bonds. The number of aromatic nitrogens is 2. The molecule has 3 N–H and O–H groups in total. The molecule has 8 heteroatoms. The number of aryl methyl sites for hydroxylation is 1. The van der Waals surface area contributed by atoms with Gasteiger partial charge in [0, 0.05) is 31.4 Å². The number of benzene rings is 1. The average Bonchev–Trinajstić information content (AvgIpc) is 2.89. The summed E-state index contributed by atoms with van der Waals surface area (Å²) in [5, 5.41) is 19.2. The molecule has 1 heterocycles. The van der Waals surface area contributed by atoms with Gasteiger partial charge in [0.15, 0.2) is 0 Å². The molecule has 0 saturated heterocycles. The Morgan fingerprint density at radius 3 is 2.52 bits per heavy atom. The van der Waals surface area contributed by atoms with Gasteiger partial charge in [0.1, 0.15) is 17.2 Å². The quantitative estimate of drug-likeness (QED) is 0.778. The standard InChI is InChI=1S/C15H18F2N4O2/c1-15(23,11-7-20-21(2)8-11)9-19-14(22)18-6-10-3-12(16)5-13(17)4-10/h3-5,7-8,23H,6,9H2,1-2H3,(H2,18,19,22). The van der Waals surface area contributed by atoms with Crippen LogP contribution in [-0.2, 0) is 19.2 Å². The zero-order valence-electron chi connectivity index (χ0n) is 12.8. The van der Waals surface area contributed by atoms with Crippen LogP contribution in [0, 0.1) is 11.6 Å². The molecular weight excluding hydrogens is 306 g/mol. The molecule has 124 valence electrons. The molecule has 0 spiro atoms. The minimum Gasteiger partial charge on any atom is -0.383 e. The molecule has 6 nitrogen and oxygen atoms in total. The molecule has 1 unspecified atom stereocenters. The molecule has 1 aromatic heterocycles. The maximum absolute atomic E-state index is 13.0. The summed E-state index contributed by atoms with van der Waals surface area (Å²) < 4.78 is 27.6. The van der Waals surface area contributed by atoms with Crippen LogP contribution >= 0.6 is 0 Å². The lowest BCUT2D eigenvalue weighted by Crippen LogP contribution is -2.43. The van der Waals surface area contributed by atoms with Crippen molar-refractivity contribution in [1.82, 2.24) is 20.4 Å². The lowest BCUT2D eigenvalue weighted by atomic mass is 10.00. The van der Waals surface area contributed by atoms with Crippen molar-refractivity contribution in [2.75, 3.05) is 6.54 Å². The van der Waals surface area contributed by atoms with Crippen molar-refractivity contribution in [3.8, 4) is 0 Å². The topological polar surface area (TPSA) is 79.2 Å². The average molecular weight is 324 g/mol. The van der Waals surface area contributed by atoms with Gasteiger partial charge < -0.3 is 15.7 Å². The van der Waals surface area contributed by atoms with Crippen LogP contribution in [0.4, 0.5) is 13.6 Å². The SMILES string of the molecule is Cn1cc(C(C)(O)CNC(=O)NCc2cc(F)cc(F)c2)cn1. The highest BCUT2D eigenvalue weighted by atomic mass is 19.1. The Labute approximate surface area is 132 Å². The molecular formula is C15H18F2N4O2. The van der Waals surface area contributed by atoms with Crippen molar-refractivity contribution < 1.29 is 18.7 Å². The third-order valence-electron chi connectivity index (χ3n) is 3.30. The van der Waals surface area contributed by atoms with E-state index in [0.29, 0.717) is 11.1 Å². The highest BCUT2D eigenvalue weighted by Crippen LogP contribution is 2.18. The molecule has 0 saturated carbocycles. The van der Waals surface area contributed by atoms with Crippen molar-refractivity contribution >= 4 is 6.03 Å². The summed E-state index contributed by atoms with van der Waals surface area (Å²) in [7, 11) is 1.72. The fraction of sp³-hybridized carbons (Fsp3) is 0.333. The molecule has 0 fully saturated rings. The molecule has 1 atom stereocenters. The molecule has 2 aromatic rings. The Morgan fingerprint density at radius 2 is 1.96 bits per heavy atom. The van der Waals surface area contributed by atoms with Crippen LogP contribution in [0.3, 0.4) is 0 Å². The first-order chi connectivity index (χ1) is 10.8. The van der Waals surface area contributed by atoms with Gasteiger partial charge in [-0.25, -0.2) is 13.6 Å². The van der Waals surface area contributed by atoms with Crippen LogP contribution in [0.1, 0.15) is 18.1 Å². The zero-order valence-corrected chi connectivity index (χ0v) is 12.8. The van der Waals surface area contributed by atoms with Crippen LogP contribution in [0.25, 0.3) is 0 Å². The number of carbonyl (C=O) groups is 1. The van der Waals surface area contributed by atoms with Gasteiger partial charge in [-0.2, -0.15) is 5.10 Å². The van der Waals surface area contributed by atoms with E-state index in [1.807, 2.05) is 0 Å². The van der Waals surface area contributed by atoms with E-state index in [2.05, 4.69) is 15.7 Å². The highest BCUT2D eigenvalue weighted by Gasteiger charge is 2.25. The second-order valence-corrected chi connectivity index (χ2v) is 5.49. The molecule has 0 radical (unpaired) electrons. The number of nitrogens with one attached hydrogen (secondary N) is 2. The van der Waals surface area contributed by atoms with E-state index in [-0.39, 0.29) is 13.1 Å². The molecule has 0 bridgehead atoms. The number of nitrogens with zero attached hydrogens (tertiary/aromatic N) is 2. The van der Waals surface area contributed by atoms with Crippen molar-refractivity contribution in [3.05, 3.63) is 53.4 Å². The maximum Gasteiger partial charge on any atom is 0.315 e. The van der Waals surface area contributed by atoms with Gasteiger partial charge in [-0.15, -0.1) is 0 Å². The summed E-state index contributed by atoms with van der Waals surface area (Å²) in [6, 6.07) is 2.47. The van der Waals surface area contributed by atoms with E-state index >= 15 is 0 Å². The molecule has 1 aromatic carbocycles. The summed E-state index contributed by atoms with van der Waals surface area (Å²) in [5.74, 6) is -1.41. The number of halogens is 2. The predicted molar refractivity (Wildman–Crippen MR) is 79.4 cm³/mol. The minimum atomic E-state index is -1.28. The number of aliphatic hydroxyl groups is 1. The predicted octanol–water partition coefficient (Wildman–Crippen LogP) is 1.41. The van der Waals surface area contributed by atoms with E-state index in [1.54, 1.807) is 24.9 Å².